The number of pyridine rings is 2. The summed E-state index contributed by atoms with van der Waals surface area (Å²) >= 11 is 7.18. The van der Waals surface area contributed by atoms with Gasteiger partial charge >= 0.3 is 17.9 Å². The van der Waals surface area contributed by atoms with Crippen LogP contribution in [0.4, 0.5) is 29.5 Å². The van der Waals surface area contributed by atoms with Gasteiger partial charge in [0.2, 0.25) is 5.88 Å². The Morgan fingerprint density at radius 2 is 1.77 bits per heavy atom. The molecule has 2 unspecified atom stereocenters. The summed E-state index contributed by atoms with van der Waals surface area (Å²) in [5, 5.41) is 15.4. The Morgan fingerprint density at radius 1 is 1.05 bits per heavy atom. The van der Waals surface area contributed by atoms with Crippen LogP contribution in [0.3, 0.4) is 0 Å². The Morgan fingerprint density at radius 3 is 2.49 bits per heavy atom. The number of benzene rings is 2. The van der Waals surface area contributed by atoms with E-state index in [0.717, 1.165) is 46.1 Å². The van der Waals surface area contributed by atoms with Crippen molar-refractivity contribution in [3.8, 4) is 28.3 Å². The van der Waals surface area contributed by atoms with Crippen molar-refractivity contribution in [2.24, 2.45) is 14.1 Å². The largest absolute Gasteiger partial charge is 0.481 e. The van der Waals surface area contributed by atoms with Crippen molar-refractivity contribution in [2.75, 3.05) is 45.7 Å². The van der Waals surface area contributed by atoms with E-state index in [4.69, 9.17) is 21.3 Å². The van der Waals surface area contributed by atoms with Crippen LogP contribution < -0.4 is 26.6 Å². The van der Waals surface area contributed by atoms with Gasteiger partial charge in [-0.3, -0.25) is 18.8 Å². The highest BCUT2D eigenvalue weighted by Crippen LogP contribution is 2.45. The first kappa shape index (κ1) is 39.8. The highest BCUT2D eigenvalue weighted by atomic mass is 35.5. The maximum atomic E-state index is 14.0. The van der Waals surface area contributed by atoms with Crippen LogP contribution in [-0.4, -0.2) is 86.5 Å². The maximum Gasteiger partial charge on any atom is 0.433 e. The topological polar surface area (TPSA) is 147 Å². The van der Waals surface area contributed by atoms with Gasteiger partial charge < -0.3 is 25.4 Å². The van der Waals surface area contributed by atoms with Crippen molar-refractivity contribution >= 4 is 40.0 Å². The number of nitrogens with zero attached hydrogens (tertiary/aromatic N) is 6. The van der Waals surface area contributed by atoms with Crippen molar-refractivity contribution in [2.45, 2.75) is 44.4 Å². The number of β-amino-alcohol motifs (C(OH)–C–C–N with tert-alkyl or cyclic N) is 1. The number of hydrogen-bond donors (Lipinski definition) is 3. The van der Waals surface area contributed by atoms with Gasteiger partial charge in [0.25, 0.3) is 5.56 Å². The normalized spacial score (nSPS) is 16.8. The van der Waals surface area contributed by atoms with E-state index in [9.17, 15) is 32.7 Å². The summed E-state index contributed by atoms with van der Waals surface area (Å²) in [7, 11) is 6.19. The van der Waals surface area contributed by atoms with E-state index in [2.05, 4.69) is 27.6 Å². The number of halogens is 4. The zero-order valence-electron chi connectivity index (χ0n) is 32.0. The highest BCUT2D eigenvalue weighted by Gasteiger charge is 2.36. The van der Waals surface area contributed by atoms with Gasteiger partial charge in [0.05, 0.1) is 29.9 Å². The molecule has 3 N–H and O–H groups in total. The Bertz CT molecular complexity index is 2520. The number of ether oxygens (including phenoxy) is 1. The first-order valence-electron chi connectivity index (χ1n) is 18.4. The monoisotopic (exact) mass is 806 g/mol. The van der Waals surface area contributed by atoms with Gasteiger partial charge in [-0.25, -0.2) is 19.6 Å². The molecule has 300 valence electrons. The lowest BCUT2D eigenvalue weighted by atomic mass is 9.96. The molecule has 1 aliphatic carbocycles. The molecule has 0 bridgehead atoms. The molecule has 1 fully saturated rings. The van der Waals surface area contributed by atoms with E-state index in [1.54, 1.807) is 31.1 Å². The van der Waals surface area contributed by atoms with Crippen molar-refractivity contribution < 1.29 is 27.8 Å². The predicted octanol–water partition coefficient (Wildman–Crippen LogP) is 5.79. The lowest BCUT2D eigenvalue weighted by Crippen LogP contribution is -2.37. The number of carbonyl (C=O) groups excluding carboxylic acids is 1. The van der Waals surface area contributed by atoms with Gasteiger partial charge in [0.15, 0.2) is 0 Å². The maximum absolute atomic E-state index is 14.0. The lowest BCUT2D eigenvalue weighted by Gasteiger charge is -2.27. The van der Waals surface area contributed by atoms with Crippen LogP contribution in [0.2, 0.25) is 5.02 Å². The molecule has 2 amide bonds. The molecule has 4 heterocycles. The number of fused-ring (bicyclic) bond motifs is 2. The fraction of sp³-hybridized carbons (Fsp3) is 0.375. The van der Waals surface area contributed by atoms with Gasteiger partial charge in [-0.05, 0) is 68.1 Å². The molecule has 2 aliphatic rings. The van der Waals surface area contributed by atoms with E-state index in [0.29, 0.717) is 63.7 Å². The molecule has 0 spiro atoms. The lowest BCUT2D eigenvalue weighted by molar-refractivity contribution is -0.141. The minimum absolute atomic E-state index is 0.00738. The fourth-order valence-electron chi connectivity index (χ4n) is 7.92. The molecular formula is C40H42ClF3N8O5. The van der Waals surface area contributed by atoms with E-state index in [1.165, 1.54) is 14.1 Å². The third-order valence-corrected chi connectivity index (χ3v) is 11.4. The number of methoxy groups -OCH3 is 1. The molecule has 2 atom stereocenters. The molecule has 5 aromatic rings. The van der Waals surface area contributed by atoms with Crippen LogP contribution >= 0.6 is 11.6 Å². The van der Waals surface area contributed by atoms with Crippen LogP contribution in [-0.2, 0) is 26.7 Å². The number of anilines is 2. The number of aryl methyl sites for hydroxylation is 2. The number of aliphatic hydroxyl groups excluding tert-OH is 1. The zero-order chi connectivity index (χ0) is 40.9. The predicted molar refractivity (Wildman–Crippen MR) is 211 cm³/mol. The second-order valence-electron chi connectivity index (χ2n) is 14.5. The molecule has 1 saturated heterocycles. The van der Waals surface area contributed by atoms with Gasteiger partial charge in [0.1, 0.15) is 16.9 Å². The minimum atomic E-state index is -4.85. The summed E-state index contributed by atoms with van der Waals surface area (Å²) in [5.41, 5.74) is 2.66. The third kappa shape index (κ3) is 7.32. The van der Waals surface area contributed by atoms with Crippen LogP contribution in [0, 0.1) is 6.92 Å². The number of aromatic nitrogens is 4. The van der Waals surface area contributed by atoms with Crippen molar-refractivity contribution in [3.05, 3.63) is 96.8 Å². The molecule has 3 aromatic heterocycles. The highest BCUT2D eigenvalue weighted by molar-refractivity contribution is 6.36. The summed E-state index contributed by atoms with van der Waals surface area (Å²) in [5.74, 6) is 0.151. The molecule has 13 nitrogen and oxygen atoms in total. The zero-order valence-corrected chi connectivity index (χ0v) is 32.8. The molecule has 0 saturated carbocycles. The van der Waals surface area contributed by atoms with E-state index < -0.39 is 23.1 Å². The van der Waals surface area contributed by atoms with Gasteiger partial charge in [-0.1, -0.05) is 41.9 Å². The summed E-state index contributed by atoms with van der Waals surface area (Å²) in [6.45, 7) is 3.29. The summed E-state index contributed by atoms with van der Waals surface area (Å²) in [6, 6.07) is 13.4. The number of rotatable bonds is 11. The molecule has 2 aromatic carbocycles. The van der Waals surface area contributed by atoms with Gasteiger partial charge in [-0.2, -0.15) is 13.2 Å². The molecule has 0 radical (unpaired) electrons. The molecule has 17 heteroatoms. The average molecular weight is 807 g/mol. The summed E-state index contributed by atoms with van der Waals surface area (Å²) in [4.78, 5) is 50.8. The van der Waals surface area contributed by atoms with Crippen LogP contribution in [0.5, 0.6) is 5.88 Å². The minimum Gasteiger partial charge on any atom is -0.481 e. The number of urea groups is 1. The Hall–Kier alpha value is -5.45. The van der Waals surface area contributed by atoms with Crippen LogP contribution in [0.25, 0.3) is 33.3 Å². The standard InChI is InChI=1S/C40H42ClF3N8O5/c1-21-24(8-7-11-27(21)46-35-33-30(19-31(48-35)40(42,43)44)50(3)39(56)51(4)37(33)54)25-9-6-10-26(34(25)41)28-18-22-12-13-29(32(22)36(47-28)57-5)49(2)15-14-23-20-52(16-17-53)38(55)45-23/h6-11,18-19,23,29,53H,12-17,20H2,1-5H3,(H,45,55)(H,46,48). The summed E-state index contributed by atoms with van der Waals surface area (Å²) < 4.78 is 49.8. The quantitative estimate of drug-likeness (QED) is 0.151. The second-order valence-corrected chi connectivity index (χ2v) is 14.8. The second kappa shape index (κ2) is 15.5. The van der Waals surface area contributed by atoms with Gasteiger partial charge in [-0.15, -0.1) is 0 Å². The van der Waals surface area contributed by atoms with Crippen molar-refractivity contribution in [3.63, 3.8) is 0 Å². The van der Waals surface area contributed by atoms with Crippen LogP contribution in [0.1, 0.15) is 41.3 Å². The Balaban J connectivity index is 1.19. The first-order valence-corrected chi connectivity index (χ1v) is 18.8. The Kier molecular flexibility index (Phi) is 10.8. The molecule has 7 rings (SSSR count). The summed E-state index contributed by atoms with van der Waals surface area (Å²) in [6.07, 6.45) is -2.46. The fourth-order valence-corrected chi connectivity index (χ4v) is 8.25. The van der Waals surface area contributed by atoms with Crippen molar-refractivity contribution in [1.82, 2.24) is 34.2 Å². The molecule has 1 aliphatic heterocycles. The van der Waals surface area contributed by atoms with Crippen molar-refractivity contribution in [1.29, 1.82) is 0 Å². The molecule has 57 heavy (non-hydrogen) atoms. The Labute approximate surface area is 330 Å². The number of amides is 2. The van der Waals surface area contributed by atoms with Gasteiger partial charge in [0, 0.05) is 68.2 Å². The number of hydrogen-bond acceptors (Lipinski definition) is 9. The number of alkyl halides is 3. The van der Waals surface area contributed by atoms with E-state index in [-0.39, 0.29) is 41.4 Å². The smallest absolute Gasteiger partial charge is 0.433 e. The SMILES string of the molecule is COc1nc(-c2cccc(-c3cccc(Nc4nc(C(F)(F)F)cc5c4c(=O)n(C)c(=O)n5C)c3C)c2Cl)cc2c1C(N(C)CCC1CN(CCO)C(=O)N1)CC2. The third-order valence-electron chi connectivity index (χ3n) is 11.0. The number of carbonyl (C=O) groups is 1. The van der Waals surface area contributed by atoms with E-state index in [1.807, 2.05) is 30.3 Å². The van der Waals surface area contributed by atoms with E-state index >= 15 is 0 Å². The average Bonchev–Trinajstić information content (AvgIpc) is 3.78. The number of nitrogens with one attached hydrogen (secondary N) is 2. The van der Waals surface area contributed by atoms with Crippen LogP contribution in [0.15, 0.2) is 58.1 Å². The molecular weight excluding hydrogens is 765 g/mol. The number of aliphatic hydroxyl groups is 1. The first-order chi connectivity index (χ1) is 27.1.